The van der Waals surface area contributed by atoms with Gasteiger partial charge < -0.3 is 14.0 Å². The molecular weight excluding hydrogens is 306 g/mol. The number of pyridine rings is 1. The summed E-state index contributed by atoms with van der Waals surface area (Å²) in [5.41, 5.74) is 0. The van der Waals surface area contributed by atoms with Crippen LogP contribution in [0.3, 0.4) is 0 Å². The van der Waals surface area contributed by atoms with E-state index in [0.717, 1.165) is 6.61 Å². The second-order valence-electron chi connectivity index (χ2n) is 5.34. The zero-order chi connectivity index (χ0) is 15.9. The Balaban J connectivity index is 1.83. The van der Waals surface area contributed by atoms with Crippen molar-refractivity contribution in [1.82, 2.24) is 15.1 Å². The van der Waals surface area contributed by atoms with Crippen LogP contribution in [0.5, 0.6) is 5.75 Å². The van der Waals surface area contributed by atoms with E-state index in [2.05, 4.69) is 29.0 Å². The number of aromatic nitrogens is 3. The van der Waals surface area contributed by atoms with Crippen molar-refractivity contribution in [3.05, 3.63) is 35.2 Å². The molecule has 0 N–H and O–H groups in total. The van der Waals surface area contributed by atoms with E-state index < -0.39 is 0 Å². The van der Waals surface area contributed by atoms with E-state index in [1.54, 1.807) is 18.3 Å². The van der Waals surface area contributed by atoms with E-state index in [4.69, 9.17) is 25.6 Å². The Labute approximate surface area is 134 Å². The van der Waals surface area contributed by atoms with E-state index in [1.807, 2.05) is 6.92 Å². The lowest BCUT2D eigenvalue weighted by atomic mass is 10.2. The van der Waals surface area contributed by atoms with Crippen LogP contribution in [0.25, 0.3) is 0 Å². The minimum absolute atomic E-state index is 0.360. The molecule has 0 bridgehead atoms. The van der Waals surface area contributed by atoms with Crippen LogP contribution in [-0.2, 0) is 11.2 Å². The van der Waals surface area contributed by atoms with E-state index in [1.165, 1.54) is 0 Å². The van der Waals surface area contributed by atoms with Crippen molar-refractivity contribution < 1.29 is 14.0 Å². The van der Waals surface area contributed by atoms with Gasteiger partial charge in [0.05, 0.1) is 12.8 Å². The summed E-state index contributed by atoms with van der Waals surface area (Å²) in [6.45, 7) is 7.36. The summed E-state index contributed by atoms with van der Waals surface area (Å²) in [6, 6.07) is 3.40. The van der Waals surface area contributed by atoms with Crippen molar-refractivity contribution in [2.24, 2.45) is 5.92 Å². The molecule has 1 atom stereocenters. The van der Waals surface area contributed by atoms with Gasteiger partial charge in [-0.15, -0.1) is 0 Å². The molecule has 2 heterocycles. The summed E-state index contributed by atoms with van der Waals surface area (Å²) in [5, 5.41) is 4.34. The van der Waals surface area contributed by atoms with Crippen LogP contribution in [0.4, 0.5) is 0 Å². The summed E-state index contributed by atoms with van der Waals surface area (Å²) in [4.78, 5) is 8.26. The Kier molecular flexibility index (Phi) is 6.15. The molecule has 0 amide bonds. The molecular formula is C15H20ClN3O3. The second-order valence-corrected chi connectivity index (χ2v) is 5.73. The number of nitrogens with zero attached hydrogens (tertiary/aromatic N) is 3. The Hall–Kier alpha value is -1.66. The lowest BCUT2D eigenvalue weighted by Crippen LogP contribution is -2.07. The first-order chi connectivity index (χ1) is 10.5. The summed E-state index contributed by atoms with van der Waals surface area (Å²) in [6.07, 6.45) is 1.81. The molecule has 6 nitrogen and oxygen atoms in total. The summed E-state index contributed by atoms with van der Waals surface area (Å²) in [7, 11) is 0. The Morgan fingerprint density at radius 1 is 1.27 bits per heavy atom. The first-order valence-corrected chi connectivity index (χ1v) is 7.61. The molecule has 0 unspecified atom stereocenters. The van der Waals surface area contributed by atoms with Crippen LogP contribution < -0.4 is 4.74 Å². The fourth-order valence-electron chi connectivity index (χ4n) is 1.70. The van der Waals surface area contributed by atoms with Crippen LogP contribution >= 0.6 is 11.6 Å². The lowest BCUT2D eigenvalue weighted by Gasteiger charge is -2.09. The predicted molar refractivity (Wildman–Crippen MR) is 81.9 cm³/mol. The highest BCUT2D eigenvalue weighted by Crippen LogP contribution is 2.20. The van der Waals surface area contributed by atoms with Gasteiger partial charge in [-0.25, -0.2) is 4.98 Å². The van der Waals surface area contributed by atoms with Crippen LogP contribution in [0.15, 0.2) is 22.9 Å². The minimum atomic E-state index is -0.360. The van der Waals surface area contributed by atoms with Crippen molar-refractivity contribution in [1.29, 1.82) is 0 Å². The maximum atomic E-state index is 5.73. The largest absolute Gasteiger partial charge is 0.479 e. The molecule has 0 saturated heterocycles. The first-order valence-electron chi connectivity index (χ1n) is 7.23. The van der Waals surface area contributed by atoms with Gasteiger partial charge in [0.15, 0.2) is 11.9 Å². The van der Waals surface area contributed by atoms with Gasteiger partial charge in [-0.2, -0.15) is 4.98 Å². The zero-order valence-electron chi connectivity index (χ0n) is 13.0. The van der Waals surface area contributed by atoms with Crippen LogP contribution in [-0.4, -0.2) is 28.3 Å². The molecule has 2 aromatic heterocycles. The Bertz CT molecular complexity index is 572. The normalized spacial score (nSPS) is 12.6. The third-order valence-electron chi connectivity index (χ3n) is 2.77. The zero-order valence-corrected chi connectivity index (χ0v) is 13.7. The van der Waals surface area contributed by atoms with Gasteiger partial charge in [0, 0.05) is 13.0 Å². The average Bonchev–Trinajstić information content (AvgIpc) is 2.95. The number of hydrogen-bond donors (Lipinski definition) is 0. The second kappa shape index (κ2) is 8.10. The van der Waals surface area contributed by atoms with Crippen molar-refractivity contribution in [2.45, 2.75) is 33.3 Å². The van der Waals surface area contributed by atoms with E-state index >= 15 is 0 Å². The van der Waals surface area contributed by atoms with Gasteiger partial charge in [0.1, 0.15) is 10.9 Å². The van der Waals surface area contributed by atoms with Gasteiger partial charge in [-0.05, 0) is 25.0 Å². The third-order valence-corrected chi connectivity index (χ3v) is 2.99. The van der Waals surface area contributed by atoms with Crippen LogP contribution in [0.2, 0.25) is 5.15 Å². The lowest BCUT2D eigenvalue weighted by molar-refractivity contribution is 0.111. The number of ether oxygens (including phenoxy) is 2. The molecule has 0 aromatic carbocycles. The maximum absolute atomic E-state index is 5.73. The molecule has 0 spiro atoms. The number of halogens is 1. The molecule has 0 aliphatic rings. The molecule has 0 saturated carbocycles. The Morgan fingerprint density at radius 2 is 2.09 bits per heavy atom. The van der Waals surface area contributed by atoms with E-state index in [-0.39, 0.29) is 6.10 Å². The van der Waals surface area contributed by atoms with E-state index in [9.17, 15) is 0 Å². The van der Waals surface area contributed by atoms with Crippen molar-refractivity contribution >= 4 is 11.6 Å². The SMILES string of the molecule is CC(C)COCCc1noc([C@H](C)Oc2ccc(Cl)nc2)n1. The van der Waals surface area contributed by atoms with Gasteiger partial charge in [-0.1, -0.05) is 30.6 Å². The van der Waals surface area contributed by atoms with Crippen molar-refractivity contribution in [2.75, 3.05) is 13.2 Å². The third kappa shape index (κ3) is 5.27. The van der Waals surface area contributed by atoms with Gasteiger partial charge in [0.25, 0.3) is 5.89 Å². The van der Waals surface area contributed by atoms with Crippen molar-refractivity contribution in [3.8, 4) is 5.75 Å². The highest BCUT2D eigenvalue weighted by Gasteiger charge is 2.16. The fourth-order valence-corrected chi connectivity index (χ4v) is 1.81. The molecule has 22 heavy (non-hydrogen) atoms. The fraction of sp³-hybridized carbons (Fsp3) is 0.533. The predicted octanol–water partition coefficient (Wildman–Crippen LogP) is 3.47. The van der Waals surface area contributed by atoms with Gasteiger partial charge in [-0.3, -0.25) is 0 Å². The summed E-state index contributed by atoms with van der Waals surface area (Å²) in [5.74, 6) is 2.15. The topological polar surface area (TPSA) is 70.3 Å². The van der Waals surface area contributed by atoms with Gasteiger partial charge >= 0.3 is 0 Å². The average molecular weight is 326 g/mol. The standard InChI is InChI=1S/C15H20ClN3O3/c1-10(2)9-20-7-6-14-18-15(22-19-14)11(3)21-12-4-5-13(16)17-8-12/h4-5,8,10-11H,6-7,9H2,1-3H3/t11-/m0/s1. The molecule has 7 heteroatoms. The summed E-state index contributed by atoms with van der Waals surface area (Å²) < 4.78 is 16.4. The molecule has 0 aliphatic carbocycles. The number of rotatable bonds is 8. The minimum Gasteiger partial charge on any atom is -0.479 e. The molecule has 0 fully saturated rings. The molecule has 0 aliphatic heterocycles. The quantitative estimate of drug-likeness (QED) is 0.546. The molecule has 0 radical (unpaired) electrons. The highest BCUT2D eigenvalue weighted by molar-refractivity contribution is 6.29. The smallest absolute Gasteiger partial charge is 0.267 e. The Morgan fingerprint density at radius 3 is 2.77 bits per heavy atom. The monoisotopic (exact) mass is 325 g/mol. The van der Waals surface area contributed by atoms with Crippen LogP contribution in [0, 0.1) is 5.92 Å². The van der Waals surface area contributed by atoms with E-state index in [0.29, 0.717) is 41.6 Å². The highest BCUT2D eigenvalue weighted by atomic mass is 35.5. The van der Waals surface area contributed by atoms with Gasteiger partial charge in [0.2, 0.25) is 0 Å². The van der Waals surface area contributed by atoms with Crippen LogP contribution in [0.1, 0.15) is 38.6 Å². The summed E-state index contributed by atoms with van der Waals surface area (Å²) >= 11 is 5.73. The molecule has 120 valence electrons. The number of hydrogen-bond acceptors (Lipinski definition) is 6. The maximum Gasteiger partial charge on any atom is 0.267 e. The first kappa shape index (κ1) is 16.7. The van der Waals surface area contributed by atoms with Crippen molar-refractivity contribution in [3.63, 3.8) is 0 Å². The molecule has 2 rings (SSSR count). The molecule has 2 aromatic rings.